The van der Waals surface area contributed by atoms with E-state index in [0.29, 0.717) is 44.5 Å². The number of nitrogens with zero attached hydrogens (tertiary/aromatic N) is 5. The van der Waals surface area contributed by atoms with Gasteiger partial charge in [-0.15, -0.1) is 0 Å². The van der Waals surface area contributed by atoms with Crippen molar-refractivity contribution in [3.05, 3.63) is 23.3 Å². The fourth-order valence-corrected chi connectivity index (χ4v) is 4.93. The summed E-state index contributed by atoms with van der Waals surface area (Å²) in [5.74, 6) is 0.744. The van der Waals surface area contributed by atoms with Gasteiger partial charge in [0.2, 0.25) is 17.7 Å². The molecule has 4 heterocycles. The minimum absolute atomic E-state index is 0.0682. The summed E-state index contributed by atoms with van der Waals surface area (Å²) in [4.78, 5) is 52.1. The third kappa shape index (κ3) is 3.38. The largest absolute Gasteiger partial charge is 0.339 e. The van der Waals surface area contributed by atoms with Crippen molar-refractivity contribution < 1.29 is 14.4 Å². The molecular weight excluding hydrogens is 370 g/mol. The van der Waals surface area contributed by atoms with Crippen LogP contribution < -0.4 is 0 Å². The van der Waals surface area contributed by atoms with E-state index in [1.54, 1.807) is 11.8 Å². The van der Waals surface area contributed by atoms with Crippen LogP contribution in [0.4, 0.5) is 0 Å². The zero-order valence-corrected chi connectivity index (χ0v) is 16.8. The zero-order chi connectivity index (χ0) is 20.1. The molecule has 3 aliphatic heterocycles. The summed E-state index contributed by atoms with van der Waals surface area (Å²) < 4.78 is 0. The van der Waals surface area contributed by atoms with Crippen LogP contribution >= 0.6 is 0 Å². The van der Waals surface area contributed by atoms with Crippen molar-refractivity contribution in [2.24, 2.45) is 5.92 Å². The van der Waals surface area contributed by atoms with E-state index in [0.717, 1.165) is 43.4 Å². The molecule has 8 heteroatoms. The molecule has 0 N–H and O–H groups in total. The molecule has 0 bridgehead atoms. The Hall–Kier alpha value is -2.51. The molecule has 8 nitrogen and oxygen atoms in total. The van der Waals surface area contributed by atoms with Gasteiger partial charge >= 0.3 is 0 Å². The standard InChI is InChI=1S/C21H27N5O3/c1-13(27)24-8-6-17-15(11-24)10-22-20(23-17)18-3-2-7-25(18)21(29)14-9-19(28)26(12-14)16-4-5-16/h10,14,16,18H,2-9,11-12H2,1H3/t14-,18+/m1/s1. The van der Waals surface area contributed by atoms with Gasteiger partial charge < -0.3 is 14.7 Å². The highest BCUT2D eigenvalue weighted by atomic mass is 16.2. The first-order valence-electron chi connectivity index (χ1n) is 10.7. The topological polar surface area (TPSA) is 86.7 Å². The van der Waals surface area contributed by atoms with Crippen LogP contribution in [-0.4, -0.2) is 68.1 Å². The highest BCUT2D eigenvalue weighted by Gasteiger charge is 2.45. The summed E-state index contributed by atoms with van der Waals surface area (Å²) in [6, 6.07) is 0.261. The Balaban J connectivity index is 1.31. The molecule has 3 fully saturated rings. The molecule has 4 aliphatic rings. The Morgan fingerprint density at radius 3 is 2.76 bits per heavy atom. The van der Waals surface area contributed by atoms with Crippen LogP contribution in [0.5, 0.6) is 0 Å². The van der Waals surface area contributed by atoms with Gasteiger partial charge in [-0.25, -0.2) is 9.97 Å². The molecule has 1 aliphatic carbocycles. The van der Waals surface area contributed by atoms with Crippen molar-refractivity contribution in [2.45, 2.75) is 64.1 Å². The van der Waals surface area contributed by atoms with E-state index in [9.17, 15) is 14.4 Å². The average Bonchev–Trinajstić information content (AvgIpc) is 3.30. The first-order chi connectivity index (χ1) is 14.0. The second kappa shape index (κ2) is 7.07. The Morgan fingerprint density at radius 2 is 2.00 bits per heavy atom. The van der Waals surface area contributed by atoms with E-state index in [1.165, 1.54) is 0 Å². The summed E-state index contributed by atoms with van der Waals surface area (Å²) >= 11 is 0. The Morgan fingerprint density at radius 1 is 1.17 bits per heavy atom. The summed E-state index contributed by atoms with van der Waals surface area (Å²) in [7, 11) is 0. The molecule has 154 valence electrons. The number of carbonyl (C=O) groups excluding carboxylic acids is 3. The van der Waals surface area contributed by atoms with Crippen LogP contribution in [0, 0.1) is 5.92 Å². The van der Waals surface area contributed by atoms with E-state index >= 15 is 0 Å². The van der Waals surface area contributed by atoms with Crippen LogP contribution in [0.15, 0.2) is 6.20 Å². The Bertz CT molecular complexity index is 868. The van der Waals surface area contributed by atoms with Crippen LogP contribution in [0.25, 0.3) is 0 Å². The van der Waals surface area contributed by atoms with Gasteiger partial charge in [-0.3, -0.25) is 14.4 Å². The summed E-state index contributed by atoms with van der Waals surface area (Å²) in [5, 5.41) is 0. The number of amides is 3. The van der Waals surface area contributed by atoms with Gasteiger partial charge in [-0.2, -0.15) is 0 Å². The average molecular weight is 397 g/mol. The lowest BCUT2D eigenvalue weighted by Gasteiger charge is -2.29. The maximum absolute atomic E-state index is 13.2. The van der Waals surface area contributed by atoms with Crippen molar-refractivity contribution in [2.75, 3.05) is 19.6 Å². The van der Waals surface area contributed by atoms with E-state index in [1.807, 2.05) is 16.0 Å². The van der Waals surface area contributed by atoms with Gasteiger partial charge in [0.1, 0.15) is 0 Å². The van der Waals surface area contributed by atoms with Gasteiger partial charge in [-0.1, -0.05) is 0 Å². The van der Waals surface area contributed by atoms with Crippen LogP contribution in [0.2, 0.25) is 0 Å². The third-order valence-electron chi connectivity index (χ3n) is 6.73. The number of carbonyl (C=O) groups is 3. The molecule has 1 aromatic rings. The summed E-state index contributed by atoms with van der Waals surface area (Å²) in [6.45, 7) is 4.08. The lowest BCUT2D eigenvalue weighted by Crippen LogP contribution is -2.38. The molecule has 3 amide bonds. The maximum atomic E-state index is 13.2. The van der Waals surface area contributed by atoms with Crippen LogP contribution in [0.1, 0.15) is 62.2 Å². The van der Waals surface area contributed by atoms with Crippen molar-refractivity contribution in [1.82, 2.24) is 24.7 Å². The van der Waals surface area contributed by atoms with Gasteiger partial charge in [0.15, 0.2) is 5.82 Å². The normalized spacial score (nSPS) is 26.8. The van der Waals surface area contributed by atoms with E-state index < -0.39 is 0 Å². The third-order valence-corrected chi connectivity index (χ3v) is 6.73. The molecule has 1 aromatic heterocycles. The highest BCUT2D eigenvalue weighted by Crippen LogP contribution is 2.36. The molecule has 0 spiro atoms. The zero-order valence-electron chi connectivity index (χ0n) is 16.8. The number of hydrogen-bond donors (Lipinski definition) is 0. The molecule has 0 radical (unpaired) electrons. The molecule has 0 aromatic carbocycles. The van der Waals surface area contributed by atoms with Gasteiger partial charge in [0.25, 0.3) is 0 Å². The number of aromatic nitrogens is 2. The monoisotopic (exact) mass is 397 g/mol. The summed E-state index contributed by atoms with van der Waals surface area (Å²) in [5.41, 5.74) is 1.98. The lowest BCUT2D eigenvalue weighted by molar-refractivity contribution is -0.137. The minimum Gasteiger partial charge on any atom is -0.339 e. The number of fused-ring (bicyclic) bond motifs is 1. The minimum atomic E-state index is -0.231. The molecule has 0 unspecified atom stereocenters. The molecule has 5 rings (SSSR count). The lowest BCUT2D eigenvalue weighted by atomic mass is 10.0. The predicted molar refractivity (Wildman–Crippen MR) is 103 cm³/mol. The number of rotatable bonds is 3. The molecule has 1 saturated carbocycles. The van der Waals surface area contributed by atoms with Crippen molar-refractivity contribution in [1.29, 1.82) is 0 Å². The van der Waals surface area contributed by atoms with E-state index in [4.69, 9.17) is 4.98 Å². The number of hydrogen-bond acceptors (Lipinski definition) is 5. The van der Waals surface area contributed by atoms with Gasteiger partial charge in [0.05, 0.1) is 17.7 Å². The SMILES string of the molecule is CC(=O)N1CCc2nc([C@@H]3CCCN3C(=O)[C@@H]3CC(=O)N(C4CC4)C3)ncc2C1. The smallest absolute Gasteiger partial charge is 0.228 e. The molecule has 2 saturated heterocycles. The van der Waals surface area contributed by atoms with Crippen LogP contribution in [-0.2, 0) is 27.3 Å². The number of likely N-dealkylation sites (tertiary alicyclic amines) is 2. The molecule has 2 atom stereocenters. The second-order valence-electron chi connectivity index (χ2n) is 8.76. The quantitative estimate of drug-likeness (QED) is 0.761. The fraction of sp³-hybridized carbons (Fsp3) is 0.667. The Kier molecular flexibility index (Phi) is 4.52. The first kappa shape index (κ1) is 18.5. The van der Waals surface area contributed by atoms with Gasteiger partial charge in [0, 0.05) is 63.7 Å². The Labute approximate surface area is 170 Å². The predicted octanol–water partition coefficient (Wildman–Crippen LogP) is 1.06. The molecule has 29 heavy (non-hydrogen) atoms. The second-order valence-corrected chi connectivity index (χ2v) is 8.76. The fourth-order valence-electron chi connectivity index (χ4n) is 4.93. The van der Waals surface area contributed by atoms with Crippen LogP contribution in [0.3, 0.4) is 0 Å². The van der Waals surface area contributed by atoms with Crippen molar-refractivity contribution in [3.63, 3.8) is 0 Å². The summed E-state index contributed by atoms with van der Waals surface area (Å²) in [6.07, 6.45) is 6.82. The van der Waals surface area contributed by atoms with Crippen molar-refractivity contribution in [3.8, 4) is 0 Å². The molecular formula is C21H27N5O3. The van der Waals surface area contributed by atoms with Crippen molar-refractivity contribution >= 4 is 17.7 Å². The first-order valence-corrected chi connectivity index (χ1v) is 10.7. The van der Waals surface area contributed by atoms with E-state index in [2.05, 4.69) is 4.98 Å². The maximum Gasteiger partial charge on any atom is 0.228 e. The highest BCUT2D eigenvalue weighted by molar-refractivity contribution is 5.90. The van der Waals surface area contributed by atoms with E-state index in [-0.39, 0.29) is 29.7 Å². The van der Waals surface area contributed by atoms with Gasteiger partial charge in [-0.05, 0) is 25.7 Å².